The van der Waals surface area contributed by atoms with Crippen LogP contribution < -0.4 is 10.8 Å². The summed E-state index contributed by atoms with van der Waals surface area (Å²) in [5.74, 6) is 0.834. The Labute approximate surface area is 80.1 Å². The van der Waals surface area contributed by atoms with E-state index in [2.05, 4.69) is 4.98 Å². The van der Waals surface area contributed by atoms with E-state index in [1.807, 2.05) is 11.3 Å². The second kappa shape index (κ2) is 3.14. The molecule has 0 aliphatic heterocycles. The number of aliphatic hydroxyl groups excluding tert-OH is 1. The topological polar surface area (TPSA) is 54.6 Å². The van der Waals surface area contributed by atoms with Crippen LogP contribution in [0.5, 0.6) is 0 Å². The summed E-state index contributed by atoms with van der Waals surface area (Å²) in [7, 11) is 0. The maximum absolute atomic E-state index is 11.1. The molecule has 0 saturated heterocycles. The molecular weight excluding hydrogens is 180 g/mol. The molecule has 1 N–H and O–H groups in total. The lowest BCUT2D eigenvalue weighted by molar-refractivity contribution is 0.539. The maximum Gasteiger partial charge on any atom is 0.182 e. The van der Waals surface area contributed by atoms with Gasteiger partial charge in [-0.3, -0.25) is 4.79 Å². The molecule has 0 saturated carbocycles. The summed E-state index contributed by atoms with van der Waals surface area (Å²) < 4.78 is 1.81. The third-order valence-corrected chi connectivity index (χ3v) is 2.15. The van der Waals surface area contributed by atoms with Gasteiger partial charge in [-0.2, -0.15) is 0 Å². The van der Waals surface area contributed by atoms with Crippen LogP contribution in [0.2, 0.25) is 0 Å². The minimum Gasteiger partial charge on any atom is -0.513 e. The van der Waals surface area contributed by atoms with E-state index in [9.17, 15) is 4.79 Å². The number of imidazole rings is 1. The van der Waals surface area contributed by atoms with E-state index in [-0.39, 0.29) is 5.43 Å². The molecule has 4 heteroatoms. The second-order valence-corrected chi connectivity index (χ2v) is 3.01. The maximum atomic E-state index is 11.1. The van der Waals surface area contributed by atoms with Crippen molar-refractivity contribution in [1.82, 2.24) is 9.38 Å². The number of pyridine rings is 1. The highest BCUT2D eigenvalue weighted by atomic mass is 16.2. The van der Waals surface area contributed by atoms with Crippen molar-refractivity contribution < 1.29 is 5.11 Å². The lowest BCUT2D eigenvalue weighted by Gasteiger charge is -1.94. The summed E-state index contributed by atoms with van der Waals surface area (Å²) in [6.07, 6.45) is 3.36. The first-order valence-corrected chi connectivity index (χ1v) is 4.41. The minimum atomic E-state index is -0.0804. The number of aliphatic hydroxyl groups is 1. The highest BCUT2D eigenvalue weighted by Crippen LogP contribution is 1.99. The Hall–Kier alpha value is -1.84. The fourth-order valence-corrected chi connectivity index (χ4v) is 1.50. The van der Waals surface area contributed by atoms with Gasteiger partial charge in [-0.1, -0.05) is 6.92 Å². The van der Waals surface area contributed by atoms with Gasteiger partial charge in [-0.05, 0) is 0 Å². The van der Waals surface area contributed by atoms with Crippen LogP contribution in [0.25, 0.3) is 11.8 Å². The number of fused-ring (bicyclic) bond motifs is 1. The van der Waals surface area contributed by atoms with Crippen molar-refractivity contribution in [1.29, 1.82) is 0 Å². The number of nitrogens with zero attached hydrogens (tertiary/aromatic N) is 2. The number of rotatable bonds is 1. The third-order valence-electron chi connectivity index (χ3n) is 2.15. The average molecular weight is 190 g/mol. The first-order chi connectivity index (χ1) is 6.76. The van der Waals surface area contributed by atoms with E-state index < -0.39 is 0 Å². The normalized spacial score (nSPS) is 12.5. The molecule has 2 aromatic heterocycles. The predicted molar refractivity (Wildman–Crippen MR) is 53.2 cm³/mol. The summed E-state index contributed by atoms with van der Waals surface area (Å²) in [5, 5.41) is 9.38. The van der Waals surface area contributed by atoms with Crippen molar-refractivity contribution in [2.45, 2.75) is 13.3 Å². The number of hydrogen-bond acceptors (Lipinski definition) is 3. The zero-order valence-electron chi connectivity index (χ0n) is 7.77. The van der Waals surface area contributed by atoms with Crippen LogP contribution >= 0.6 is 0 Å². The molecule has 0 aromatic carbocycles. The summed E-state index contributed by atoms with van der Waals surface area (Å²) in [6, 6.07) is 2.95. The van der Waals surface area contributed by atoms with Gasteiger partial charge in [0.15, 0.2) is 5.43 Å². The molecule has 0 fully saturated rings. The lowest BCUT2D eigenvalue weighted by Crippen LogP contribution is -2.06. The molecular formula is C10H10N2O2. The average Bonchev–Trinajstić information content (AvgIpc) is 2.55. The zero-order valence-corrected chi connectivity index (χ0v) is 7.77. The Kier molecular flexibility index (Phi) is 1.96. The van der Waals surface area contributed by atoms with Gasteiger partial charge in [0.2, 0.25) is 0 Å². The molecule has 0 atom stereocenters. The fraction of sp³-hybridized carbons (Fsp3) is 0.200. The number of hydrogen-bond donors (Lipinski definition) is 1. The largest absolute Gasteiger partial charge is 0.513 e. The Morgan fingerprint density at radius 1 is 1.64 bits per heavy atom. The van der Waals surface area contributed by atoms with Crippen LogP contribution in [0.4, 0.5) is 0 Å². The standard InChI is InChI=1S/C10H10N2O2/c1-2-10-11-8(6-13)9-5-7(14)3-4-12(9)10/h3-6,13H,2H2,1H3/b8-6+. The first-order valence-electron chi connectivity index (χ1n) is 4.41. The summed E-state index contributed by atoms with van der Waals surface area (Å²) in [4.78, 5) is 15.3. The van der Waals surface area contributed by atoms with Crippen molar-refractivity contribution in [2.24, 2.45) is 0 Å². The molecule has 0 bridgehead atoms. The molecule has 14 heavy (non-hydrogen) atoms. The number of aryl methyl sites for hydroxylation is 1. The zero-order chi connectivity index (χ0) is 10.1. The van der Waals surface area contributed by atoms with Crippen LogP contribution in [0.15, 0.2) is 23.1 Å². The summed E-state index contributed by atoms with van der Waals surface area (Å²) in [5.41, 5.74) is 0.569. The van der Waals surface area contributed by atoms with Gasteiger partial charge in [0.25, 0.3) is 0 Å². The summed E-state index contributed by atoms with van der Waals surface area (Å²) >= 11 is 0. The molecule has 72 valence electrons. The van der Waals surface area contributed by atoms with Crippen LogP contribution in [-0.4, -0.2) is 14.5 Å². The molecule has 2 heterocycles. The van der Waals surface area contributed by atoms with E-state index in [0.29, 0.717) is 10.9 Å². The predicted octanol–water partition coefficient (Wildman–Crippen LogP) is 0.272. The van der Waals surface area contributed by atoms with Crippen LogP contribution in [0, 0.1) is 0 Å². The van der Waals surface area contributed by atoms with E-state index in [1.165, 1.54) is 12.1 Å². The van der Waals surface area contributed by atoms with E-state index in [4.69, 9.17) is 5.11 Å². The van der Waals surface area contributed by atoms with Gasteiger partial charge in [0, 0.05) is 24.8 Å². The van der Waals surface area contributed by atoms with Crippen molar-refractivity contribution in [2.75, 3.05) is 0 Å². The van der Waals surface area contributed by atoms with Crippen molar-refractivity contribution >= 4 is 11.8 Å². The van der Waals surface area contributed by atoms with Gasteiger partial charge >= 0.3 is 0 Å². The highest BCUT2D eigenvalue weighted by Gasteiger charge is 2.04. The molecule has 2 rings (SSSR count). The van der Waals surface area contributed by atoms with Crippen molar-refractivity contribution in [3.05, 3.63) is 39.7 Å². The first kappa shape index (κ1) is 8.74. The Balaban J connectivity index is 2.97. The fourth-order valence-electron chi connectivity index (χ4n) is 1.50. The third kappa shape index (κ3) is 1.16. The molecule has 0 radical (unpaired) electrons. The van der Waals surface area contributed by atoms with Gasteiger partial charge in [-0.25, -0.2) is 4.98 Å². The van der Waals surface area contributed by atoms with Gasteiger partial charge in [0.05, 0.1) is 5.52 Å². The lowest BCUT2D eigenvalue weighted by atomic mass is 10.4. The molecule has 0 aliphatic carbocycles. The monoisotopic (exact) mass is 190 g/mol. The van der Waals surface area contributed by atoms with E-state index >= 15 is 0 Å². The van der Waals surface area contributed by atoms with Crippen molar-refractivity contribution in [3.63, 3.8) is 0 Å². The minimum absolute atomic E-state index is 0.0804. The quantitative estimate of drug-likeness (QED) is 0.702. The Morgan fingerprint density at radius 3 is 3.07 bits per heavy atom. The van der Waals surface area contributed by atoms with Gasteiger partial charge < -0.3 is 9.51 Å². The molecule has 0 aliphatic rings. The molecule has 0 unspecified atom stereocenters. The molecule has 0 spiro atoms. The molecule has 0 amide bonds. The van der Waals surface area contributed by atoms with E-state index in [1.54, 1.807) is 6.20 Å². The second-order valence-electron chi connectivity index (χ2n) is 3.01. The van der Waals surface area contributed by atoms with Crippen LogP contribution in [0.3, 0.4) is 0 Å². The van der Waals surface area contributed by atoms with Crippen LogP contribution in [0.1, 0.15) is 12.7 Å². The molecule has 2 aromatic rings. The Morgan fingerprint density at radius 2 is 2.43 bits per heavy atom. The highest BCUT2D eigenvalue weighted by molar-refractivity contribution is 5.49. The van der Waals surface area contributed by atoms with Crippen LogP contribution in [-0.2, 0) is 6.42 Å². The molecule has 4 nitrogen and oxygen atoms in total. The summed E-state index contributed by atoms with van der Waals surface area (Å²) in [6.45, 7) is 1.97. The smallest absolute Gasteiger partial charge is 0.182 e. The Bertz CT molecular complexity index is 572. The van der Waals surface area contributed by atoms with Gasteiger partial charge in [-0.15, -0.1) is 0 Å². The SMILES string of the molecule is CCc1n/c(=C/O)c2cc(=O)ccn12. The van der Waals surface area contributed by atoms with E-state index in [0.717, 1.165) is 18.5 Å². The number of aromatic nitrogens is 2. The van der Waals surface area contributed by atoms with Gasteiger partial charge in [0.1, 0.15) is 17.4 Å². The van der Waals surface area contributed by atoms with Crippen molar-refractivity contribution in [3.8, 4) is 0 Å².